The molecule has 1 unspecified atom stereocenters. The number of rotatable bonds is 6. The quantitative estimate of drug-likeness (QED) is 0.787. The highest BCUT2D eigenvalue weighted by Crippen LogP contribution is 2.10. The van der Waals surface area contributed by atoms with E-state index < -0.39 is 5.97 Å². The van der Waals surface area contributed by atoms with Gasteiger partial charge in [0.15, 0.2) is 0 Å². The molecule has 1 aromatic heterocycles. The number of nitrogens with zero attached hydrogens (tertiary/aromatic N) is 3. The van der Waals surface area contributed by atoms with E-state index in [2.05, 4.69) is 4.98 Å². The number of hydrogen-bond donors (Lipinski definition) is 1. The Balaban J connectivity index is 2.59. The molecule has 16 heavy (non-hydrogen) atoms. The van der Waals surface area contributed by atoms with E-state index in [0.717, 1.165) is 12.2 Å². The highest BCUT2D eigenvalue weighted by Gasteiger charge is 2.17. The molecule has 0 amide bonds. The van der Waals surface area contributed by atoms with Crippen LogP contribution in [0.3, 0.4) is 0 Å². The first-order valence-corrected chi connectivity index (χ1v) is 5.42. The van der Waals surface area contributed by atoms with Gasteiger partial charge in [0.25, 0.3) is 0 Å². The van der Waals surface area contributed by atoms with Crippen LogP contribution in [0, 0.1) is 0 Å². The van der Waals surface area contributed by atoms with Crippen molar-refractivity contribution in [2.45, 2.75) is 32.4 Å². The number of aromatic nitrogens is 2. The van der Waals surface area contributed by atoms with Gasteiger partial charge in [-0.1, -0.05) is 6.92 Å². The van der Waals surface area contributed by atoms with E-state index in [0.29, 0.717) is 6.54 Å². The van der Waals surface area contributed by atoms with Gasteiger partial charge in [-0.05, 0) is 13.5 Å². The predicted molar refractivity (Wildman–Crippen MR) is 61.0 cm³/mol. The minimum absolute atomic E-state index is 0.0641. The number of aryl methyl sites for hydroxylation is 1. The fourth-order valence-corrected chi connectivity index (χ4v) is 1.71. The van der Waals surface area contributed by atoms with Crippen molar-refractivity contribution in [3.8, 4) is 0 Å². The highest BCUT2D eigenvalue weighted by molar-refractivity contribution is 5.67. The molecule has 5 nitrogen and oxygen atoms in total. The molecular weight excluding hydrogens is 206 g/mol. The van der Waals surface area contributed by atoms with Crippen LogP contribution in [0.1, 0.15) is 25.6 Å². The molecule has 0 aliphatic carbocycles. The minimum Gasteiger partial charge on any atom is -0.481 e. The predicted octanol–water partition coefficient (Wildman–Crippen LogP) is 1.11. The summed E-state index contributed by atoms with van der Waals surface area (Å²) in [4.78, 5) is 17.0. The first-order valence-electron chi connectivity index (χ1n) is 5.42. The Morgan fingerprint density at radius 1 is 1.69 bits per heavy atom. The molecule has 0 aliphatic rings. The number of imidazole rings is 1. The molecule has 1 heterocycles. The topological polar surface area (TPSA) is 58.4 Å². The Bertz CT molecular complexity index is 349. The maximum absolute atomic E-state index is 10.7. The van der Waals surface area contributed by atoms with Crippen molar-refractivity contribution < 1.29 is 9.90 Å². The molecule has 0 saturated carbocycles. The molecule has 0 radical (unpaired) electrons. The smallest absolute Gasteiger partial charge is 0.304 e. The molecule has 1 rings (SSSR count). The van der Waals surface area contributed by atoms with Gasteiger partial charge in [0, 0.05) is 25.5 Å². The molecule has 90 valence electrons. The third kappa shape index (κ3) is 3.34. The lowest BCUT2D eigenvalue weighted by Crippen LogP contribution is -2.33. The molecule has 0 saturated heterocycles. The molecule has 1 N–H and O–H groups in total. The largest absolute Gasteiger partial charge is 0.481 e. The van der Waals surface area contributed by atoms with E-state index >= 15 is 0 Å². The second kappa shape index (κ2) is 5.65. The SMILES string of the molecule is CCC(CC(=O)O)N(C)Cc1nccn1C. The number of aliphatic carboxylic acids is 1. The molecule has 0 fully saturated rings. The van der Waals surface area contributed by atoms with E-state index in [1.807, 2.05) is 36.7 Å². The van der Waals surface area contributed by atoms with Crippen LogP contribution >= 0.6 is 0 Å². The summed E-state index contributed by atoms with van der Waals surface area (Å²) in [7, 11) is 3.88. The van der Waals surface area contributed by atoms with Crippen LogP contribution in [0.4, 0.5) is 0 Å². The summed E-state index contributed by atoms with van der Waals surface area (Å²) in [6, 6.07) is 0.0641. The van der Waals surface area contributed by atoms with E-state index in [9.17, 15) is 4.79 Å². The van der Waals surface area contributed by atoms with Crippen LogP contribution in [0.15, 0.2) is 12.4 Å². The van der Waals surface area contributed by atoms with Gasteiger partial charge in [-0.25, -0.2) is 4.98 Å². The van der Waals surface area contributed by atoms with Crippen molar-refractivity contribution in [3.05, 3.63) is 18.2 Å². The van der Waals surface area contributed by atoms with Gasteiger partial charge >= 0.3 is 5.97 Å². The summed E-state index contributed by atoms with van der Waals surface area (Å²) in [5.41, 5.74) is 0. The zero-order valence-corrected chi connectivity index (χ0v) is 10.1. The van der Waals surface area contributed by atoms with Crippen molar-refractivity contribution in [3.63, 3.8) is 0 Å². The number of carboxylic acid groups (broad SMARTS) is 1. The summed E-state index contributed by atoms with van der Waals surface area (Å²) in [5, 5.41) is 8.80. The Labute approximate surface area is 95.7 Å². The fourth-order valence-electron chi connectivity index (χ4n) is 1.71. The van der Waals surface area contributed by atoms with Gasteiger partial charge in [0.2, 0.25) is 0 Å². The highest BCUT2D eigenvalue weighted by atomic mass is 16.4. The van der Waals surface area contributed by atoms with Gasteiger partial charge in [0.05, 0.1) is 13.0 Å². The van der Waals surface area contributed by atoms with Crippen molar-refractivity contribution in [2.75, 3.05) is 7.05 Å². The average molecular weight is 225 g/mol. The first-order chi connectivity index (χ1) is 7.54. The van der Waals surface area contributed by atoms with Crippen molar-refractivity contribution in [1.82, 2.24) is 14.5 Å². The molecule has 5 heteroatoms. The average Bonchev–Trinajstić information content (AvgIpc) is 2.60. The van der Waals surface area contributed by atoms with Crippen LogP contribution in [-0.4, -0.2) is 38.6 Å². The standard InChI is InChI=1S/C11H19N3O2/c1-4-9(7-11(15)16)14(3)8-10-12-5-6-13(10)2/h5-6,9H,4,7-8H2,1-3H3,(H,15,16). The fraction of sp³-hybridized carbons (Fsp3) is 0.636. The van der Waals surface area contributed by atoms with Crippen molar-refractivity contribution in [2.24, 2.45) is 7.05 Å². The van der Waals surface area contributed by atoms with Crippen LogP contribution in [0.5, 0.6) is 0 Å². The summed E-state index contributed by atoms with van der Waals surface area (Å²) < 4.78 is 1.95. The number of carbonyl (C=O) groups is 1. The number of carboxylic acids is 1. The first kappa shape index (κ1) is 12.7. The van der Waals surface area contributed by atoms with Gasteiger partial charge in [-0.2, -0.15) is 0 Å². The molecule has 0 aromatic carbocycles. The Morgan fingerprint density at radius 3 is 2.81 bits per heavy atom. The molecule has 1 atom stereocenters. The van der Waals surface area contributed by atoms with E-state index in [4.69, 9.17) is 5.11 Å². The summed E-state index contributed by atoms with van der Waals surface area (Å²) in [5.74, 6) is 0.199. The van der Waals surface area contributed by atoms with E-state index in [1.54, 1.807) is 6.20 Å². The van der Waals surface area contributed by atoms with Gasteiger partial charge in [0.1, 0.15) is 5.82 Å². The lowest BCUT2D eigenvalue weighted by molar-refractivity contribution is -0.138. The van der Waals surface area contributed by atoms with E-state index in [1.165, 1.54) is 0 Å². The molecule has 0 bridgehead atoms. The zero-order valence-electron chi connectivity index (χ0n) is 10.1. The molecular formula is C11H19N3O2. The second-order valence-corrected chi connectivity index (χ2v) is 4.03. The second-order valence-electron chi connectivity index (χ2n) is 4.03. The van der Waals surface area contributed by atoms with Crippen LogP contribution in [0.2, 0.25) is 0 Å². The minimum atomic E-state index is -0.751. The van der Waals surface area contributed by atoms with Gasteiger partial charge < -0.3 is 9.67 Å². The Kier molecular flexibility index (Phi) is 4.49. The molecule has 0 spiro atoms. The maximum atomic E-state index is 10.7. The lowest BCUT2D eigenvalue weighted by atomic mass is 10.1. The normalized spacial score (nSPS) is 13.0. The summed E-state index contributed by atoms with van der Waals surface area (Å²) >= 11 is 0. The lowest BCUT2D eigenvalue weighted by Gasteiger charge is -2.25. The molecule has 0 aliphatic heterocycles. The Morgan fingerprint density at radius 2 is 2.38 bits per heavy atom. The van der Waals surface area contributed by atoms with Gasteiger partial charge in [-0.3, -0.25) is 9.69 Å². The van der Waals surface area contributed by atoms with Crippen LogP contribution in [0.25, 0.3) is 0 Å². The van der Waals surface area contributed by atoms with E-state index in [-0.39, 0.29) is 12.5 Å². The monoisotopic (exact) mass is 225 g/mol. The van der Waals surface area contributed by atoms with Crippen LogP contribution in [-0.2, 0) is 18.4 Å². The molecule has 1 aromatic rings. The summed E-state index contributed by atoms with van der Waals surface area (Å²) in [6.07, 6.45) is 4.65. The third-order valence-electron chi connectivity index (χ3n) is 2.82. The van der Waals surface area contributed by atoms with Crippen molar-refractivity contribution >= 4 is 5.97 Å². The third-order valence-corrected chi connectivity index (χ3v) is 2.82. The zero-order chi connectivity index (χ0) is 12.1. The summed E-state index contributed by atoms with van der Waals surface area (Å²) in [6.45, 7) is 2.68. The maximum Gasteiger partial charge on any atom is 0.304 e. The van der Waals surface area contributed by atoms with Crippen molar-refractivity contribution in [1.29, 1.82) is 0 Å². The number of hydrogen-bond acceptors (Lipinski definition) is 3. The van der Waals surface area contributed by atoms with Crippen LogP contribution < -0.4 is 0 Å². The Hall–Kier alpha value is -1.36. The van der Waals surface area contributed by atoms with Gasteiger partial charge in [-0.15, -0.1) is 0 Å².